The molecule has 1 rings (SSSR count). The van der Waals surface area contributed by atoms with Gasteiger partial charge in [0, 0.05) is 21.7 Å². The molecule has 0 atom stereocenters. The van der Waals surface area contributed by atoms with Crippen molar-refractivity contribution in [3.05, 3.63) is 30.3 Å². The third kappa shape index (κ3) is 2.15. The molecule has 1 aromatic rings. The van der Waals surface area contributed by atoms with Gasteiger partial charge < -0.3 is 5.73 Å². The van der Waals surface area contributed by atoms with E-state index in [0.29, 0.717) is 0 Å². The van der Waals surface area contributed by atoms with E-state index >= 15 is 0 Å². The molecule has 0 aromatic heterocycles. The number of rotatable bonds is 0. The molecule has 2 N–H and O–H groups in total. The van der Waals surface area contributed by atoms with Gasteiger partial charge in [0.05, 0.1) is 0 Å². The molecule has 0 unspecified atom stereocenters. The first-order valence-corrected chi connectivity index (χ1v) is 2.11. The summed E-state index contributed by atoms with van der Waals surface area (Å²) >= 11 is 0. The fraction of sp³-hybridized carbons (Fsp3) is 0. The maximum Gasteiger partial charge on any atom is 0 e. The van der Waals surface area contributed by atoms with E-state index in [1.807, 2.05) is 18.2 Å². The fourth-order valence-corrected chi connectivity index (χ4v) is 0.407. The first-order valence-electron chi connectivity index (χ1n) is 2.11. The molecule has 8 heavy (non-hydrogen) atoms. The van der Waals surface area contributed by atoms with E-state index in [1.54, 1.807) is 6.07 Å². The van der Waals surface area contributed by atoms with Gasteiger partial charge >= 0.3 is 0 Å². The second-order valence-corrected chi connectivity index (χ2v) is 1.34. The average molecular weight is 140 g/mol. The zero-order valence-electron chi connectivity index (χ0n) is 4.39. The molecule has 0 radical (unpaired) electrons. The first kappa shape index (κ1) is 7.73. The Hall–Kier alpha value is -0.266. The molecule has 0 saturated heterocycles. The van der Waals surface area contributed by atoms with Crippen LogP contribution in [0.2, 0.25) is 0 Å². The van der Waals surface area contributed by atoms with E-state index in [2.05, 4.69) is 6.07 Å². The van der Waals surface area contributed by atoms with Crippen LogP contribution in [0.1, 0.15) is 0 Å². The number of benzene rings is 1. The molecule has 0 heterocycles. The summed E-state index contributed by atoms with van der Waals surface area (Å²) in [5.74, 6) is 0. The molecule has 2 heteroatoms. The van der Waals surface area contributed by atoms with Crippen LogP contribution in [0.5, 0.6) is 0 Å². The minimum absolute atomic E-state index is 0. The van der Waals surface area contributed by atoms with Crippen molar-refractivity contribution in [1.82, 2.24) is 0 Å². The number of hydrogen-bond donors (Lipinski definition) is 1. The van der Waals surface area contributed by atoms with Crippen LogP contribution in [-0.4, -0.2) is 0 Å². The minimum Gasteiger partial charge on any atom is -0.449 e. The predicted molar refractivity (Wildman–Crippen MR) is 29.7 cm³/mol. The Morgan fingerprint density at radius 3 is 2.50 bits per heavy atom. The molecular weight excluding hydrogens is 134 g/mol. The fourth-order valence-electron chi connectivity index (χ4n) is 0.407. The number of hydrogen-bond acceptors (Lipinski definition) is 1. The van der Waals surface area contributed by atoms with Crippen LogP contribution < -0.4 is 5.73 Å². The van der Waals surface area contributed by atoms with Gasteiger partial charge in [-0.2, -0.15) is 30.3 Å². The quantitative estimate of drug-likeness (QED) is 0.325. The van der Waals surface area contributed by atoms with Gasteiger partial charge in [0.15, 0.2) is 0 Å². The third-order valence-electron chi connectivity index (χ3n) is 0.731. The third-order valence-corrected chi connectivity index (χ3v) is 0.731. The number of nitrogens with two attached hydrogens (primary N) is 1. The van der Waals surface area contributed by atoms with Crippen molar-refractivity contribution in [1.29, 1.82) is 0 Å². The Bertz CT molecular complexity index is 138. The summed E-state index contributed by atoms with van der Waals surface area (Å²) < 4.78 is 0. The molecule has 1 aromatic carbocycles. The van der Waals surface area contributed by atoms with Crippen LogP contribution in [0.15, 0.2) is 24.3 Å². The van der Waals surface area contributed by atoms with E-state index in [0.717, 1.165) is 5.69 Å². The van der Waals surface area contributed by atoms with Crippen molar-refractivity contribution in [2.45, 2.75) is 0 Å². The van der Waals surface area contributed by atoms with E-state index < -0.39 is 0 Å². The topological polar surface area (TPSA) is 26.0 Å². The van der Waals surface area contributed by atoms with Crippen molar-refractivity contribution >= 4 is 5.69 Å². The van der Waals surface area contributed by atoms with Crippen molar-refractivity contribution in [3.8, 4) is 0 Å². The van der Waals surface area contributed by atoms with Crippen LogP contribution in [-0.2, 0) is 21.7 Å². The first-order chi connectivity index (χ1) is 3.39. The molecule has 1 nitrogen and oxygen atoms in total. The second-order valence-electron chi connectivity index (χ2n) is 1.34. The Morgan fingerprint density at radius 1 is 1.50 bits per heavy atom. The summed E-state index contributed by atoms with van der Waals surface area (Å²) in [5.41, 5.74) is 6.09. The molecular formula is C6H6NTi-. The van der Waals surface area contributed by atoms with Crippen molar-refractivity contribution in [2.24, 2.45) is 0 Å². The second kappa shape index (κ2) is 3.70. The molecule has 0 aliphatic rings. The van der Waals surface area contributed by atoms with E-state index in [-0.39, 0.29) is 21.7 Å². The largest absolute Gasteiger partial charge is 0.449 e. The summed E-state index contributed by atoms with van der Waals surface area (Å²) in [6.07, 6.45) is 0. The normalized spacial score (nSPS) is 7.50. The van der Waals surface area contributed by atoms with Crippen LogP contribution in [0.3, 0.4) is 0 Å². The summed E-state index contributed by atoms with van der Waals surface area (Å²) in [6, 6.07) is 10.1. The van der Waals surface area contributed by atoms with E-state index in [9.17, 15) is 0 Å². The zero-order valence-corrected chi connectivity index (χ0v) is 5.95. The zero-order chi connectivity index (χ0) is 5.11. The summed E-state index contributed by atoms with van der Waals surface area (Å²) in [6.45, 7) is 0. The van der Waals surface area contributed by atoms with Gasteiger partial charge in [0.1, 0.15) is 0 Å². The Balaban J connectivity index is 0.000000490. The predicted octanol–water partition coefficient (Wildman–Crippen LogP) is 1.07. The number of anilines is 1. The van der Waals surface area contributed by atoms with Crippen molar-refractivity contribution < 1.29 is 21.7 Å². The minimum atomic E-state index is 0. The monoisotopic (exact) mass is 140 g/mol. The van der Waals surface area contributed by atoms with Crippen LogP contribution >= 0.6 is 0 Å². The molecule has 0 bridgehead atoms. The standard InChI is InChI=1S/C6H6N.Ti/c7-6-4-2-1-3-5-6;/h1-2,4-5H,7H2;/q-1;. The van der Waals surface area contributed by atoms with Crippen LogP contribution in [0, 0.1) is 6.07 Å². The van der Waals surface area contributed by atoms with Gasteiger partial charge in [-0.3, -0.25) is 0 Å². The van der Waals surface area contributed by atoms with Gasteiger partial charge in [0.2, 0.25) is 0 Å². The smallest absolute Gasteiger partial charge is 0 e. The summed E-state index contributed by atoms with van der Waals surface area (Å²) in [7, 11) is 0. The van der Waals surface area contributed by atoms with Gasteiger partial charge in [-0.25, -0.2) is 0 Å². The van der Waals surface area contributed by atoms with Crippen LogP contribution in [0.25, 0.3) is 0 Å². The SMILES string of the molecule is Nc1c[c-]ccc1.[Ti]. The van der Waals surface area contributed by atoms with Gasteiger partial charge in [-0.05, 0) is 0 Å². The maximum absolute atomic E-state index is 5.33. The van der Waals surface area contributed by atoms with E-state index in [1.165, 1.54) is 0 Å². The molecule has 0 aliphatic carbocycles. The molecule has 0 amide bonds. The van der Waals surface area contributed by atoms with E-state index in [4.69, 9.17) is 5.73 Å². The summed E-state index contributed by atoms with van der Waals surface area (Å²) in [4.78, 5) is 0. The van der Waals surface area contributed by atoms with Gasteiger partial charge in [0.25, 0.3) is 0 Å². The Labute approximate surface area is 63.8 Å². The molecule has 0 spiro atoms. The Morgan fingerprint density at radius 2 is 2.25 bits per heavy atom. The molecule has 40 valence electrons. The van der Waals surface area contributed by atoms with Crippen molar-refractivity contribution in [2.75, 3.05) is 5.73 Å². The summed E-state index contributed by atoms with van der Waals surface area (Å²) in [5, 5.41) is 0. The Kier molecular flexibility index (Phi) is 3.58. The molecule has 0 aliphatic heterocycles. The van der Waals surface area contributed by atoms with Crippen LogP contribution in [0.4, 0.5) is 5.69 Å². The maximum atomic E-state index is 5.33. The van der Waals surface area contributed by atoms with Crippen molar-refractivity contribution in [3.63, 3.8) is 0 Å². The van der Waals surface area contributed by atoms with Gasteiger partial charge in [-0.1, -0.05) is 5.69 Å². The molecule has 0 fully saturated rings. The molecule has 0 saturated carbocycles. The average Bonchev–Trinajstić information content (AvgIpc) is 1.69. The van der Waals surface area contributed by atoms with Gasteiger partial charge in [-0.15, -0.1) is 0 Å². The number of nitrogen functional groups attached to an aromatic ring is 1.